The van der Waals surface area contributed by atoms with E-state index in [1.54, 1.807) is 44.8 Å². The first-order chi connectivity index (χ1) is 17.0. The summed E-state index contributed by atoms with van der Waals surface area (Å²) in [5, 5.41) is 6.73. The number of pyridine rings is 2. The van der Waals surface area contributed by atoms with Gasteiger partial charge >= 0.3 is 6.18 Å². The number of carbonyl (C=O) groups is 1. The van der Waals surface area contributed by atoms with Crippen LogP contribution in [-0.4, -0.2) is 41.4 Å². The normalized spacial score (nSPS) is 12.0. The van der Waals surface area contributed by atoms with Gasteiger partial charge in [-0.2, -0.15) is 13.2 Å². The minimum atomic E-state index is -4.52. The third kappa shape index (κ3) is 4.95. The fraction of sp³-hybridized carbons (Fsp3) is 0.280. The quantitative estimate of drug-likeness (QED) is 0.367. The second kappa shape index (κ2) is 9.48. The summed E-state index contributed by atoms with van der Waals surface area (Å²) < 4.78 is 55.1. The fourth-order valence-corrected chi connectivity index (χ4v) is 3.44. The standard InChI is InChI=1S/C25H23F3N4O4/c1-24(2,25(26,27)28)21-11-23(36-32-21)31-22(33)7-14-5-6-17(29-12-14)16-8-15-9-19(34-3)20(35-4)10-18(15)30-13-16/h5-6,8-13H,7H2,1-4H3,(H,31,33). The molecule has 0 aliphatic rings. The van der Waals surface area contributed by atoms with Gasteiger partial charge in [0.05, 0.1) is 31.9 Å². The van der Waals surface area contributed by atoms with Crippen molar-refractivity contribution in [3.05, 3.63) is 60.0 Å². The van der Waals surface area contributed by atoms with E-state index in [9.17, 15) is 18.0 Å². The Hall–Kier alpha value is -4.15. The number of alkyl halides is 3. The van der Waals surface area contributed by atoms with Crippen molar-refractivity contribution in [2.75, 3.05) is 19.5 Å². The number of nitrogens with zero attached hydrogens (tertiary/aromatic N) is 3. The maximum Gasteiger partial charge on any atom is 0.399 e. The van der Waals surface area contributed by atoms with Crippen molar-refractivity contribution in [1.82, 2.24) is 15.1 Å². The predicted molar refractivity (Wildman–Crippen MR) is 126 cm³/mol. The summed E-state index contributed by atoms with van der Waals surface area (Å²) in [6.45, 7) is 1.98. The molecule has 0 radical (unpaired) electrons. The fourth-order valence-electron chi connectivity index (χ4n) is 3.44. The van der Waals surface area contributed by atoms with Crippen LogP contribution in [0.25, 0.3) is 22.2 Å². The lowest BCUT2D eigenvalue weighted by Crippen LogP contribution is -2.36. The molecular weight excluding hydrogens is 477 g/mol. The highest BCUT2D eigenvalue weighted by Crippen LogP contribution is 2.40. The van der Waals surface area contributed by atoms with Gasteiger partial charge < -0.3 is 14.0 Å². The summed E-state index contributed by atoms with van der Waals surface area (Å²) >= 11 is 0. The summed E-state index contributed by atoms with van der Waals surface area (Å²) in [5.41, 5.74) is 0.223. The van der Waals surface area contributed by atoms with E-state index in [0.29, 0.717) is 22.8 Å². The Labute approximate surface area is 204 Å². The molecule has 1 aromatic carbocycles. The molecule has 1 amide bonds. The number of amides is 1. The maximum absolute atomic E-state index is 13.2. The van der Waals surface area contributed by atoms with Crippen molar-refractivity contribution in [2.45, 2.75) is 31.9 Å². The number of hydrogen-bond donors (Lipinski definition) is 1. The lowest BCUT2D eigenvalue weighted by atomic mass is 9.89. The lowest BCUT2D eigenvalue weighted by Gasteiger charge is -2.24. The van der Waals surface area contributed by atoms with E-state index in [0.717, 1.165) is 36.4 Å². The molecule has 4 rings (SSSR count). The summed E-state index contributed by atoms with van der Waals surface area (Å²) in [5.74, 6) is 0.521. The van der Waals surface area contributed by atoms with Gasteiger partial charge in [0.1, 0.15) is 11.1 Å². The zero-order chi connectivity index (χ0) is 26.1. The molecule has 0 saturated carbocycles. The van der Waals surface area contributed by atoms with Crippen LogP contribution in [0, 0.1) is 0 Å². The lowest BCUT2D eigenvalue weighted by molar-refractivity contribution is -0.181. The van der Waals surface area contributed by atoms with Crippen LogP contribution in [0.3, 0.4) is 0 Å². The molecule has 11 heteroatoms. The van der Waals surface area contributed by atoms with Crippen LogP contribution in [0.2, 0.25) is 0 Å². The number of nitrogens with one attached hydrogen (secondary N) is 1. The average molecular weight is 500 g/mol. The Morgan fingerprint density at radius 1 is 1.00 bits per heavy atom. The molecule has 0 fully saturated rings. The molecule has 3 heterocycles. The number of ether oxygens (including phenoxy) is 2. The molecule has 3 aromatic heterocycles. The largest absolute Gasteiger partial charge is 0.493 e. The zero-order valence-electron chi connectivity index (χ0n) is 19.9. The van der Waals surface area contributed by atoms with Crippen LogP contribution in [0.4, 0.5) is 19.1 Å². The van der Waals surface area contributed by atoms with E-state index in [1.165, 1.54) is 0 Å². The molecule has 0 spiro atoms. The maximum atomic E-state index is 13.2. The number of halogens is 3. The van der Waals surface area contributed by atoms with Crippen LogP contribution in [0.1, 0.15) is 25.1 Å². The zero-order valence-corrected chi connectivity index (χ0v) is 19.9. The number of hydrogen-bond acceptors (Lipinski definition) is 7. The number of rotatable bonds is 7. The second-order valence-corrected chi connectivity index (χ2v) is 8.60. The van der Waals surface area contributed by atoms with E-state index in [1.807, 2.05) is 12.1 Å². The molecule has 0 bridgehead atoms. The summed E-state index contributed by atoms with van der Waals surface area (Å²) in [4.78, 5) is 21.3. The third-order valence-corrected chi connectivity index (χ3v) is 5.79. The predicted octanol–water partition coefficient (Wildman–Crippen LogP) is 5.32. The first-order valence-corrected chi connectivity index (χ1v) is 10.8. The average Bonchev–Trinajstić information content (AvgIpc) is 3.31. The minimum Gasteiger partial charge on any atom is -0.493 e. The van der Waals surface area contributed by atoms with Gasteiger partial charge in [-0.25, -0.2) is 0 Å². The van der Waals surface area contributed by atoms with Crippen molar-refractivity contribution in [2.24, 2.45) is 0 Å². The monoisotopic (exact) mass is 500 g/mol. The number of benzene rings is 1. The molecular formula is C25H23F3N4O4. The number of anilines is 1. The van der Waals surface area contributed by atoms with Gasteiger partial charge in [0.25, 0.3) is 0 Å². The molecule has 0 saturated heterocycles. The topological polar surface area (TPSA) is 99.4 Å². The molecule has 36 heavy (non-hydrogen) atoms. The van der Waals surface area contributed by atoms with Crippen LogP contribution in [0.15, 0.2) is 53.3 Å². The van der Waals surface area contributed by atoms with Gasteiger partial charge in [-0.3, -0.25) is 20.1 Å². The Bertz CT molecular complexity index is 1400. The highest BCUT2D eigenvalue weighted by Gasteiger charge is 2.50. The minimum absolute atomic E-state index is 0.0566. The number of carbonyl (C=O) groups excluding carboxylic acids is 1. The summed E-state index contributed by atoms with van der Waals surface area (Å²) in [6.07, 6.45) is -1.34. The van der Waals surface area contributed by atoms with Crippen LogP contribution >= 0.6 is 0 Å². The Morgan fingerprint density at radius 2 is 1.72 bits per heavy atom. The van der Waals surface area contributed by atoms with Crippen LogP contribution < -0.4 is 14.8 Å². The van der Waals surface area contributed by atoms with Crippen molar-refractivity contribution >= 4 is 22.7 Å². The summed E-state index contributed by atoms with van der Waals surface area (Å²) in [6, 6.07) is 10.1. The smallest absolute Gasteiger partial charge is 0.399 e. The molecule has 188 valence electrons. The van der Waals surface area contributed by atoms with E-state index >= 15 is 0 Å². The van der Waals surface area contributed by atoms with Gasteiger partial charge in [0, 0.05) is 35.5 Å². The van der Waals surface area contributed by atoms with Crippen molar-refractivity contribution < 1.29 is 32.0 Å². The molecule has 4 aromatic rings. The van der Waals surface area contributed by atoms with E-state index < -0.39 is 17.5 Å². The highest BCUT2D eigenvalue weighted by molar-refractivity contribution is 5.91. The van der Waals surface area contributed by atoms with Gasteiger partial charge in [-0.1, -0.05) is 11.2 Å². The van der Waals surface area contributed by atoms with Gasteiger partial charge in [0.15, 0.2) is 11.5 Å². The Morgan fingerprint density at radius 3 is 2.36 bits per heavy atom. The molecule has 1 N–H and O–H groups in total. The van der Waals surface area contributed by atoms with E-state index in [2.05, 4.69) is 20.4 Å². The summed E-state index contributed by atoms with van der Waals surface area (Å²) in [7, 11) is 3.11. The van der Waals surface area contributed by atoms with Crippen LogP contribution in [-0.2, 0) is 16.6 Å². The number of methoxy groups -OCH3 is 2. The van der Waals surface area contributed by atoms with Crippen molar-refractivity contribution in [1.29, 1.82) is 0 Å². The first kappa shape index (κ1) is 25.0. The number of aromatic nitrogens is 3. The molecule has 0 unspecified atom stereocenters. The van der Waals surface area contributed by atoms with Crippen LogP contribution in [0.5, 0.6) is 11.5 Å². The number of fused-ring (bicyclic) bond motifs is 1. The third-order valence-electron chi connectivity index (χ3n) is 5.79. The molecule has 0 aliphatic heterocycles. The first-order valence-electron chi connectivity index (χ1n) is 10.8. The van der Waals surface area contributed by atoms with E-state index in [-0.39, 0.29) is 18.0 Å². The van der Waals surface area contributed by atoms with Crippen molar-refractivity contribution in [3.63, 3.8) is 0 Å². The SMILES string of the molecule is COc1cc2cc(-c3ccc(CC(=O)Nc4cc(C(C)(C)C(F)(F)F)no4)cn3)cnc2cc1OC. The molecule has 8 nitrogen and oxygen atoms in total. The Kier molecular flexibility index (Phi) is 6.57. The molecule has 0 atom stereocenters. The van der Waals surface area contributed by atoms with Gasteiger partial charge in [-0.05, 0) is 37.6 Å². The Balaban J connectivity index is 1.45. The van der Waals surface area contributed by atoms with Gasteiger partial charge in [0.2, 0.25) is 11.8 Å². The van der Waals surface area contributed by atoms with Gasteiger partial charge in [-0.15, -0.1) is 0 Å². The van der Waals surface area contributed by atoms with E-state index in [4.69, 9.17) is 14.0 Å². The van der Waals surface area contributed by atoms with Crippen molar-refractivity contribution in [3.8, 4) is 22.8 Å². The highest BCUT2D eigenvalue weighted by atomic mass is 19.4. The molecule has 0 aliphatic carbocycles. The second-order valence-electron chi connectivity index (χ2n) is 8.60.